The second-order valence-electron chi connectivity index (χ2n) is 4.80. The molecule has 2 amide bonds. The van der Waals surface area contributed by atoms with Crippen molar-refractivity contribution in [2.45, 2.75) is 38.8 Å². The molecule has 1 aliphatic heterocycles. The van der Waals surface area contributed by atoms with E-state index in [2.05, 4.69) is 19.2 Å². The number of rotatable bonds is 4. The summed E-state index contributed by atoms with van der Waals surface area (Å²) < 4.78 is 0. The molecule has 4 nitrogen and oxygen atoms in total. The van der Waals surface area contributed by atoms with E-state index in [0.29, 0.717) is 0 Å². The molecule has 1 saturated heterocycles. The summed E-state index contributed by atoms with van der Waals surface area (Å²) in [5, 5.41) is 2.68. The maximum absolute atomic E-state index is 12.2. The molecule has 2 rings (SSSR count). The number of carbonyl (C=O) groups is 2. The number of hydrogen-bond acceptors (Lipinski definition) is 2. The molecule has 0 aromatic heterocycles. The fourth-order valence-electron chi connectivity index (χ4n) is 2.66. The molecule has 19 heavy (non-hydrogen) atoms. The van der Waals surface area contributed by atoms with Gasteiger partial charge < -0.3 is 10.2 Å². The summed E-state index contributed by atoms with van der Waals surface area (Å²) >= 11 is 0. The molecule has 4 heteroatoms. The largest absolute Gasteiger partial charge is 0.345 e. The number of piperazine rings is 1. The van der Waals surface area contributed by atoms with Crippen LogP contribution in [0.5, 0.6) is 0 Å². The van der Waals surface area contributed by atoms with Crippen molar-refractivity contribution >= 4 is 11.8 Å². The fraction of sp³-hybridized carbons (Fsp3) is 0.467. The Kier molecular flexibility index (Phi) is 4.20. The highest BCUT2D eigenvalue weighted by atomic mass is 16.2. The molecule has 102 valence electrons. The minimum absolute atomic E-state index is 0.00199. The van der Waals surface area contributed by atoms with Crippen LogP contribution in [0.2, 0.25) is 0 Å². The summed E-state index contributed by atoms with van der Waals surface area (Å²) in [7, 11) is 0. The minimum Gasteiger partial charge on any atom is -0.345 e. The molecule has 1 unspecified atom stereocenters. The maximum atomic E-state index is 12.2. The van der Waals surface area contributed by atoms with Gasteiger partial charge in [0.05, 0.1) is 6.54 Å². The molecule has 0 aliphatic carbocycles. The Morgan fingerprint density at radius 3 is 2.42 bits per heavy atom. The predicted octanol–water partition coefficient (Wildman–Crippen LogP) is 1.87. The Hall–Kier alpha value is -1.84. The summed E-state index contributed by atoms with van der Waals surface area (Å²) in [6.07, 6.45) is 1.72. The van der Waals surface area contributed by atoms with Crippen molar-refractivity contribution in [1.82, 2.24) is 10.2 Å². The van der Waals surface area contributed by atoms with E-state index in [4.69, 9.17) is 0 Å². The lowest BCUT2D eigenvalue weighted by Gasteiger charge is -2.40. The van der Waals surface area contributed by atoms with E-state index >= 15 is 0 Å². The second-order valence-corrected chi connectivity index (χ2v) is 4.80. The van der Waals surface area contributed by atoms with Gasteiger partial charge in [-0.2, -0.15) is 0 Å². The summed E-state index contributed by atoms with van der Waals surface area (Å²) in [5.74, 6) is -0.0835. The van der Waals surface area contributed by atoms with Crippen LogP contribution in [-0.4, -0.2) is 29.3 Å². The quantitative estimate of drug-likeness (QED) is 0.898. The summed E-state index contributed by atoms with van der Waals surface area (Å²) in [6, 6.07) is 9.12. The van der Waals surface area contributed by atoms with Gasteiger partial charge in [-0.05, 0) is 18.4 Å². The van der Waals surface area contributed by atoms with Crippen molar-refractivity contribution in [3.05, 3.63) is 35.9 Å². The van der Waals surface area contributed by atoms with Crippen LogP contribution in [0.25, 0.3) is 0 Å². The third-order valence-electron chi connectivity index (χ3n) is 3.68. The topological polar surface area (TPSA) is 49.4 Å². The molecule has 1 fully saturated rings. The first-order valence-corrected chi connectivity index (χ1v) is 6.82. The van der Waals surface area contributed by atoms with Gasteiger partial charge in [0.1, 0.15) is 6.04 Å². The van der Waals surface area contributed by atoms with E-state index < -0.39 is 6.04 Å². The number of benzene rings is 1. The van der Waals surface area contributed by atoms with Crippen LogP contribution >= 0.6 is 0 Å². The number of carbonyl (C=O) groups excluding carboxylic acids is 2. The Morgan fingerprint density at radius 2 is 1.84 bits per heavy atom. The third kappa shape index (κ3) is 2.62. The van der Waals surface area contributed by atoms with Crippen LogP contribution in [0.4, 0.5) is 0 Å². The van der Waals surface area contributed by atoms with Gasteiger partial charge >= 0.3 is 0 Å². The van der Waals surface area contributed by atoms with E-state index in [1.807, 2.05) is 30.3 Å². The van der Waals surface area contributed by atoms with Crippen molar-refractivity contribution in [2.75, 3.05) is 6.54 Å². The average molecular weight is 260 g/mol. The second kappa shape index (κ2) is 5.87. The van der Waals surface area contributed by atoms with E-state index in [9.17, 15) is 9.59 Å². The molecule has 1 aromatic rings. The standard InChI is InChI=1S/C15H20N2O2/c1-3-12(4-2)17-13(18)10-16-15(19)14(17)11-8-6-5-7-9-11/h5-9,12,14H,3-4,10H2,1-2H3,(H,16,19). The number of amides is 2. The Labute approximate surface area is 113 Å². The average Bonchev–Trinajstić information content (AvgIpc) is 2.45. The summed E-state index contributed by atoms with van der Waals surface area (Å²) in [5.41, 5.74) is 0.875. The summed E-state index contributed by atoms with van der Waals surface area (Å²) in [4.78, 5) is 26.1. The van der Waals surface area contributed by atoms with E-state index in [-0.39, 0.29) is 24.4 Å². The van der Waals surface area contributed by atoms with Gasteiger partial charge in [0, 0.05) is 6.04 Å². The molecule has 1 atom stereocenters. The van der Waals surface area contributed by atoms with E-state index in [0.717, 1.165) is 18.4 Å². The van der Waals surface area contributed by atoms with Crippen molar-refractivity contribution in [3.8, 4) is 0 Å². The Morgan fingerprint density at radius 1 is 1.21 bits per heavy atom. The third-order valence-corrected chi connectivity index (χ3v) is 3.68. The van der Waals surface area contributed by atoms with Crippen molar-refractivity contribution in [2.24, 2.45) is 0 Å². The van der Waals surface area contributed by atoms with Crippen molar-refractivity contribution < 1.29 is 9.59 Å². The SMILES string of the molecule is CCC(CC)N1C(=O)CNC(=O)C1c1ccccc1. The highest BCUT2D eigenvalue weighted by Crippen LogP contribution is 2.28. The molecule has 0 spiro atoms. The van der Waals surface area contributed by atoms with Crippen LogP contribution in [0, 0.1) is 0 Å². The Balaban J connectivity index is 2.39. The van der Waals surface area contributed by atoms with Crippen LogP contribution < -0.4 is 5.32 Å². The first-order chi connectivity index (χ1) is 9.19. The van der Waals surface area contributed by atoms with Gasteiger partial charge in [0.2, 0.25) is 11.8 Å². The zero-order valence-electron chi connectivity index (χ0n) is 11.4. The predicted molar refractivity (Wildman–Crippen MR) is 73.4 cm³/mol. The van der Waals surface area contributed by atoms with E-state index in [1.54, 1.807) is 4.90 Å². The smallest absolute Gasteiger partial charge is 0.247 e. The van der Waals surface area contributed by atoms with Gasteiger partial charge in [0.25, 0.3) is 0 Å². The molecular weight excluding hydrogens is 240 g/mol. The number of hydrogen-bond donors (Lipinski definition) is 1. The van der Waals surface area contributed by atoms with Gasteiger partial charge in [0.15, 0.2) is 0 Å². The normalized spacial score (nSPS) is 19.7. The molecular formula is C15H20N2O2. The van der Waals surface area contributed by atoms with Crippen LogP contribution in [0.15, 0.2) is 30.3 Å². The lowest BCUT2D eigenvalue weighted by Crippen LogP contribution is -2.56. The molecule has 0 radical (unpaired) electrons. The van der Waals surface area contributed by atoms with Gasteiger partial charge in [-0.15, -0.1) is 0 Å². The molecule has 1 aliphatic rings. The highest BCUT2D eigenvalue weighted by Gasteiger charge is 2.38. The molecule has 0 saturated carbocycles. The molecule has 1 aromatic carbocycles. The minimum atomic E-state index is -0.493. The Bertz CT molecular complexity index is 454. The molecule has 1 N–H and O–H groups in total. The van der Waals surface area contributed by atoms with Crippen LogP contribution in [0.3, 0.4) is 0 Å². The first kappa shape index (κ1) is 13.6. The van der Waals surface area contributed by atoms with Crippen LogP contribution in [-0.2, 0) is 9.59 Å². The van der Waals surface area contributed by atoms with Crippen molar-refractivity contribution in [1.29, 1.82) is 0 Å². The van der Waals surface area contributed by atoms with Gasteiger partial charge in [-0.25, -0.2) is 0 Å². The van der Waals surface area contributed by atoms with Gasteiger partial charge in [-0.1, -0.05) is 44.2 Å². The van der Waals surface area contributed by atoms with E-state index in [1.165, 1.54) is 0 Å². The van der Waals surface area contributed by atoms with Gasteiger partial charge in [-0.3, -0.25) is 9.59 Å². The maximum Gasteiger partial charge on any atom is 0.247 e. The lowest BCUT2D eigenvalue weighted by molar-refractivity contribution is -0.148. The van der Waals surface area contributed by atoms with Crippen molar-refractivity contribution in [3.63, 3.8) is 0 Å². The zero-order chi connectivity index (χ0) is 13.8. The molecule has 0 bridgehead atoms. The lowest BCUT2D eigenvalue weighted by atomic mass is 9.98. The number of nitrogens with one attached hydrogen (secondary N) is 1. The summed E-state index contributed by atoms with van der Waals surface area (Å²) in [6.45, 7) is 4.21. The monoisotopic (exact) mass is 260 g/mol. The van der Waals surface area contributed by atoms with Crippen LogP contribution in [0.1, 0.15) is 38.3 Å². The fourth-order valence-corrected chi connectivity index (χ4v) is 2.66. The molecule has 1 heterocycles. The first-order valence-electron chi connectivity index (χ1n) is 6.82. The zero-order valence-corrected chi connectivity index (χ0v) is 11.4. The highest BCUT2D eigenvalue weighted by molar-refractivity contribution is 5.95. The number of nitrogens with zero attached hydrogens (tertiary/aromatic N) is 1.